The zero-order chi connectivity index (χ0) is 16.3. The van der Waals surface area contributed by atoms with E-state index in [4.69, 9.17) is 5.41 Å². The van der Waals surface area contributed by atoms with E-state index in [-0.39, 0.29) is 5.78 Å². The summed E-state index contributed by atoms with van der Waals surface area (Å²) in [7, 11) is 0. The van der Waals surface area contributed by atoms with Crippen molar-refractivity contribution in [3.05, 3.63) is 71.9 Å². The molecule has 1 atom stereocenters. The lowest BCUT2D eigenvalue weighted by Crippen LogP contribution is -2.34. The second-order valence-electron chi connectivity index (χ2n) is 5.93. The highest BCUT2D eigenvalue weighted by Crippen LogP contribution is 2.30. The van der Waals surface area contributed by atoms with Crippen molar-refractivity contribution < 1.29 is 4.79 Å². The van der Waals surface area contributed by atoms with Crippen LogP contribution >= 0.6 is 0 Å². The van der Waals surface area contributed by atoms with Crippen LogP contribution in [0.3, 0.4) is 0 Å². The van der Waals surface area contributed by atoms with Crippen LogP contribution in [0.25, 0.3) is 10.9 Å². The van der Waals surface area contributed by atoms with Crippen LogP contribution in [0, 0.1) is 10.8 Å². The van der Waals surface area contributed by atoms with Crippen molar-refractivity contribution in [2.75, 3.05) is 0 Å². The Morgan fingerprint density at radius 3 is 2.65 bits per heavy atom. The third kappa shape index (κ3) is 2.82. The van der Waals surface area contributed by atoms with E-state index >= 15 is 0 Å². The van der Waals surface area contributed by atoms with Crippen molar-refractivity contribution in [1.29, 1.82) is 5.41 Å². The number of Topliss-reactive ketones (excluding diaryl/α,β-unsaturated/α-hetero) is 1. The first-order valence-corrected chi connectivity index (χ1v) is 7.86. The number of hydrogen-bond donors (Lipinski definition) is 2. The van der Waals surface area contributed by atoms with Crippen molar-refractivity contribution in [3.8, 4) is 0 Å². The summed E-state index contributed by atoms with van der Waals surface area (Å²) in [6.45, 7) is 1.97. The molecule has 0 saturated carbocycles. The van der Waals surface area contributed by atoms with Gasteiger partial charge < -0.3 is 10.4 Å². The van der Waals surface area contributed by atoms with Gasteiger partial charge in [-0.2, -0.15) is 0 Å². The van der Waals surface area contributed by atoms with Gasteiger partial charge in [0, 0.05) is 28.9 Å². The SMILES string of the molecule is CCC(C=N)(Cc1ccccc1)C(=O)c1ccc2[nH]ccc2c1. The van der Waals surface area contributed by atoms with Crippen LogP contribution in [-0.2, 0) is 6.42 Å². The van der Waals surface area contributed by atoms with Gasteiger partial charge in [-0.3, -0.25) is 4.79 Å². The number of rotatable bonds is 6. The van der Waals surface area contributed by atoms with Crippen LogP contribution < -0.4 is 0 Å². The molecule has 0 aliphatic carbocycles. The fourth-order valence-corrected chi connectivity index (χ4v) is 3.03. The van der Waals surface area contributed by atoms with Gasteiger partial charge in [0.25, 0.3) is 0 Å². The van der Waals surface area contributed by atoms with Gasteiger partial charge in [-0.1, -0.05) is 37.3 Å². The summed E-state index contributed by atoms with van der Waals surface area (Å²) in [4.78, 5) is 16.3. The molecule has 23 heavy (non-hydrogen) atoms. The van der Waals surface area contributed by atoms with E-state index in [0.29, 0.717) is 18.4 Å². The molecule has 0 saturated heterocycles. The minimum Gasteiger partial charge on any atom is -0.361 e. The van der Waals surface area contributed by atoms with Crippen LogP contribution in [0.1, 0.15) is 29.3 Å². The topological polar surface area (TPSA) is 56.7 Å². The Morgan fingerprint density at radius 2 is 1.96 bits per heavy atom. The first-order chi connectivity index (χ1) is 11.2. The van der Waals surface area contributed by atoms with E-state index in [0.717, 1.165) is 16.5 Å². The molecule has 3 nitrogen and oxygen atoms in total. The van der Waals surface area contributed by atoms with Crippen molar-refractivity contribution >= 4 is 22.9 Å². The molecule has 0 spiro atoms. The number of fused-ring (bicyclic) bond motifs is 1. The lowest BCUT2D eigenvalue weighted by molar-refractivity contribution is 0.0870. The van der Waals surface area contributed by atoms with Crippen LogP contribution in [0.15, 0.2) is 60.8 Å². The molecule has 2 aromatic carbocycles. The first-order valence-electron chi connectivity index (χ1n) is 7.86. The summed E-state index contributed by atoms with van der Waals surface area (Å²) in [5.74, 6) is 0.0157. The Labute approximate surface area is 135 Å². The number of carbonyl (C=O) groups excluding carboxylic acids is 1. The van der Waals surface area contributed by atoms with Crippen molar-refractivity contribution in [3.63, 3.8) is 0 Å². The minimum absolute atomic E-state index is 0.0157. The number of aromatic amines is 1. The summed E-state index contributed by atoms with van der Waals surface area (Å²) >= 11 is 0. The monoisotopic (exact) mass is 304 g/mol. The molecular formula is C20H20N2O. The number of ketones is 1. The molecule has 1 aromatic heterocycles. The third-order valence-electron chi connectivity index (χ3n) is 4.54. The van der Waals surface area contributed by atoms with Crippen LogP contribution in [0.4, 0.5) is 0 Å². The number of carbonyl (C=O) groups is 1. The quantitative estimate of drug-likeness (QED) is 0.506. The molecule has 3 heteroatoms. The average molecular weight is 304 g/mol. The first kappa shape index (κ1) is 15.2. The highest BCUT2D eigenvalue weighted by Gasteiger charge is 2.35. The predicted molar refractivity (Wildman–Crippen MR) is 94.3 cm³/mol. The molecule has 0 aliphatic heterocycles. The van der Waals surface area contributed by atoms with E-state index < -0.39 is 5.41 Å². The number of nitrogens with one attached hydrogen (secondary N) is 2. The van der Waals surface area contributed by atoms with E-state index in [9.17, 15) is 4.79 Å². The van der Waals surface area contributed by atoms with Gasteiger partial charge in [0.1, 0.15) is 0 Å². The van der Waals surface area contributed by atoms with Crippen LogP contribution in [0.2, 0.25) is 0 Å². The fourth-order valence-electron chi connectivity index (χ4n) is 3.03. The highest BCUT2D eigenvalue weighted by molar-refractivity contribution is 6.10. The molecule has 3 rings (SSSR count). The van der Waals surface area contributed by atoms with Gasteiger partial charge in [0.15, 0.2) is 5.78 Å². The van der Waals surface area contributed by atoms with Gasteiger partial charge in [0.05, 0.1) is 5.41 Å². The molecule has 0 fully saturated rings. The Kier molecular flexibility index (Phi) is 4.11. The summed E-state index contributed by atoms with van der Waals surface area (Å²) in [5, 5.41) is 8.94. The molecule has 1 heterocycles. The fraction of sp³-hybridized carbons (Fsp3) is 0.200. The van der Waals surface area contributed by atoms with Crippen molar-refractivity contribution in [2.45, 2.75) is 19.8 Å². The molecule has 0 radical (unpaired) electrons. The van der Waals surface area contributed by atoms with Gasteiger partial charge >= 0.3 is 0 Å². The summed E-state index contributed by atoms with van der Waals surface area (Å²) in [6.07, 6.45) is 4.35. The van der Waals surface area contributed by atoms with Crippen LogP contribution in [-0.4, -0.2) is 17.0 Å². The van der Waals surface area contributed by atoms with Gasteiger partial charge in [-0.05, 0) is 42.7 Å². The molecule has 116 valence electrons. The standard InChI is InChI=1S/C20H20N2O/c1-2-20(14-21,13-15-6-4-3-5-7-15)19(23)17-8-9-18-16(12-17)10-11-22-18/h3-12,14,21-22H,2,13H2,1H3. The number of aromatic nitrogens is 1. The Bertz CT molecular complexity index is 835. The lowest BCUT2D eigenvalue weighted by atomic mass is 9.74. The largest absolute Gasteiger partial charge is 0.361 e. The Balaban J connectivity index is 1.98. The van der Waals surface area contributed by atoms with Gasteiger partial charge in [-0.15, -0.1) is 0 Å². The zero-order valence-electron chi connectivity index (χ0n) is 13.2. The summed E-state index contributed by atoms with van der Waals surface area (Å²) in [6, 6.07) is 17.6. The highest BCUT2D eigenvalue weighted by atomic mass is 16.1. The molecule has 0 aliphatic rings. The molecule has 1 unspecified atom stereocenters. The van der Waals surface area contributed by atoms with Crippen molar-refractivity contribution in [2.24, 2.45) is 5.41 Å². The Hall–Kier alpha value is -2.68. The second-order valence-corrected chi connectivity index (χ2v) is 5.93. The van der Waals surface area contributed by atoms with E-state index in [1.54, 1.807) is 0 Å². The van der Waals surface area contributed by atoms with Gasteiger partial charge in [-0.25, -0.2) is 0 Å². The van der Waals surface area contributed by atoms with E-state index in [1.807, 2.05) is 67.7 Å². The third-order valence-corrected chi connectivity index (χ3v) is 4.54. The maximum atomic E-state index is 13.1. The molecule has 0 amide bonds. The number of benzene rings is 2. The predicted octanol–water partition coefficient (Wildman–Crippen LogP) is 4.64. The molecular weight excluding hydrogens is 284 g/mol. The van der Waals surface area contributed by atoms with Crippen LogP contribution in [0.5, 0.6) is 0 Å². The number of hydrogen-bond acceptors (Lipinski definition) is 2. The van der Waals surface area contributed by atoms with E-state index in [1.165, 1.54) is 6.21 Å². The summed E-state index contributed by atoms with van der Waals surface area (Å²) < 4.78 is 0. The maximum Gasteiger partial charge on any atom is 0.174 e. The Morgan fingerprint density at radius 1 is 1.17 bits per heavy atom. The minimum atomic E-state index is -0.786. The van der Waals surface area contributed by atoms with Gasteiger partial charge in [0.2, 0.25) is 0 Å². The van der Waals surface area contributed by atoms with E-state index in [2.05, 4.69) is 4.98 Å². The molecule has 2 N–H and O–H groups in total. The second kappa shape index (κ2) is 6.21. The lowest BCUT2D eigenvalue weighted by Gasteiger charge is -2.27. The maximum absolute atomic E-state index is 13.1. The molecule has 3 aromatic rings. The smallest absolute Gasteiger partial charge is 0.174 e. The summed E-state index contributed by atoms with van der Waals surface area (Å²) in [5.41, 5.74) is 1.97. The zero-order valence-corrected chi connectivity index (χ0v) is 13.2. The van der Waals surface area contributed by atoms with Crippen molar-refractivity contribution in [1.82, 2.24) is 4.98 Å². The number of H-pyrrole nitrogens is 1. The normalized spacial score (nSPS) is 13.6. The molecule has 0 bridgehead atoms. The average Bonchev–Trinajstić information content (AvgIpc) is 3.07.